The van der Waals surface area contributed by atoms with Gasteiger partial charge in [-0.1, -0.05) is 12.1 Å². The summed E-state index contributed by atoms with van der Waals surface area (Å²) in [5, 5.41) is 0. The zero-order valence-corrected chi connectivity index (χ0v) is 16.6. The summed E-state index contributed by atoms with van der Waals surface area (Å²) in [6.45, 7) is 3.79. The Balaban J connectivity index is 1.43. The maximum absolute atomic E-state index is 12.7. The zero-order valence-electron chi connectivity index (χ0n) is 16.6. The number of rotatable bonds is 5. The molecule has 0 N–H and O–H groups in total. The van der Waals surface area contributed by atoms with E-state index in [4.69, 9.17) is 4.74 Å². The van der Waals surface area contributed by atoms with Crippen molar-refractivity contribution in [2.75, 3.05) is 20.2 Å². The van der Waals surface area contributed by atoms with Crippen molar-refractivity contribution in [3.05, 3.63) is 59.9 Å². The van der Waals surface area contributed by atoms with Gasteiger partial charge in [-0.3, -0.25) is 14.7 Å². The summed E-state index contributed by atoms with van der Waals surface area (Å²) in [5.41, 5.74) is 2.51. The normalized spacial score (nSPS) is 23.2. The largest absolute Gasteiger partial charge is 0.497 e. The third kappa shape index (κ3) is 4.04. The van der Waals surface area contributed by atoms with Crippen LogP contribution in [-0.4, -0.2) is 46.4 Å². The minimum Gasteiger partial charge on any atom is -0.497 e. The summed E-state index contributed by atoms with van der Waals surface area (Å²) in [5.74, 6) is 1.20. The van der Waals surface area contributed by atoms with Gasteiger partial charge in [0.05, 0.1) is 7.11 Å². The van der Waals surface area contributed by atoms with Gasteiger partial charge >= 0.3 is 0 Å². The highest BCUT2D eigenvalue weighted by Crippen LogP contribution is 2.40. The molecule has 1 unspecified atom stereocenters. The zero-order chi connectivity index (χ0) is 19.4. The molecule has 4 rings (SSSR count). The molecule has 5 nitrogen and oxygen atoms in total. The molecule has 1 aromatic heterocycles. The fourth-order valence-corrected chi connectivity index (χ4v) is 4.70. The van der Waals surface area contributed by atoms with Crippen molar-refractivity contribution in [2.24, 2.45) is 0 Å². The van der Waals surface area contributed by atoms with Crippen LogP contribution in [0, 0.1) is 0 Å². The number of carbonyl (C=O) groups is 1. The summed E-state index contributed by atoms with van der Waals surface area (Å²) >= 11 is 0. The summed E-state index contributed by atoms with van der Waals surface area (Å²) in [6.07, 6.45) is 8.59. The first-order valence-electron chi connectivity index (χ1n) is 10.2. The van der Waals surface area contributed by atoms with E-state index < -0.39 is 0 Å². The highest BCUT2D eigenvalue weighted by molar-refractivity contribution is 5.79. The number of aromatic nitrogens is 1. The highest BCUT2D eigenvalue weighted by Gasteiger charge is 2.45. The van der Waals surface area contributed by atoms with Crippen LogP contribution in [0.15, 0.2) is 48.8 Å². The maximum atomic E-state index is 12.7. The summed E-state index contributed by atoms with van der Waals surface area (Å²) in [4.78, 5) is 21.5. The Morgan fingerprint density at radius 2 is 1.71 bits per heavy atom. The number of carbonyl (C=O) groups excluding carboxylic acids is 1. The number of ether oxygens (including phenoxy) is 1. The Bertz CT molecular complexity index is 793. The minimum atomic E-state index is 0.0228. The van der Waals surface area contributed by atoms with E-state index in [0.717, 1.165) is 51.1 Å². The van der Waals surface area contributed by atoms with E-state index in [0.29, 0.717) is 18.9 Å². The number of methoxy groups -OCH3 is 1. The summed E-state index contributed by atoms with van der Waals surface area (Å²) in [6, 6.07) is 12.4. The predicted molar refractivity (Wildman–Crippen MR) is 109 cm³/mol. The molecule has 5 heteroatoms. The topological polar surface area (TPSA) is 45.7 Å². The molecule has 2 aliphatic rings. The van der Waals surface area contributed by atoms with E-state index in [2.05, 4.69) is 26.9 Å². The van der Waals surface area contributed by atoms with Gasteiger partial charge in [0.15, 0.2) is 0 Å². The van der Waals surface area contributed by atoms with Crippen molar-refractivity contribution in [3.63, 3.8) is 0 Å². The summed E-state index contributed by atoms with van der Waals surface area (Å²) in [7, 11) is 1.70. The van der Waals surface area contributed by atoms with Gasteiger partial charge in [0.1, 0.15) is 5.75 Å². The summed E-state index contributed by atoms with van der Waals surface area (Å²) < 4.78 is 5.26. The fraction of sp³-hybridized carbons (Fsp3) is 0.478. The lowest BCUT2D eigenvalue weighted by Crippen LogP contribution is -2.45. The van der Waals surface area contributed by atoms with E-state index in [-0.39, 0.29) is 5.54 Å². The second-order valence-corrected chi connectivity index (χ2v) is 8.04. The van der Waals surface area contributed by atoms with Gasteiger partial charge in [-0.05, 0) is 67.6 Å². The van der Waals surface area contributed by atoms with Gasteiger partial charge in [-0.25, -0.2) is 0 Å². The van der Waals surface area contributed by atoms with Crippen LogP contribution in [0.4, 0.5) is 0 Å². The molecule has 0 saturated carbocycles. The van der Waals surface area contributed by atoms with Gasteiger partial charge in [0, 0.05) is 44.0 Å². The Hall–Kier alpha value is -2.40. The second kappa shape index (κ2) is 8.31. The molecule has 2 fully saturated rings. The lowest BCUT2D eigenvalue weighted by atomic mass is 9.87. The standard InChI is InChI=1S/C23H29N3O2/c1-28-21-5-3-19(4-6-21)17-25-15-2-10-23(12-16-25)11-7-22(27)26(23)18-20-8-13-24-14-9-20/h3-6,8-9,13-14H,2,7,10-12,15-18H2,1H3. The van der Waals surface area contributed by atoms with E-state index in [1.807, 2.05) is 36.7 Å². The smallest absolute Gasteiger partial charge is 0.223 e. The molecule has 2 saturated heterocycles. The third-order valence-electron chi connectivity index (χ3n) is 6.34. The number of benzene rings is 1. The van der Waals surface area contributed by atoms with Crippen molar-refractivity contribution in [2.45, 2.75) is 50.7 Å². The van der Waals surface area contributed by atoms with E-state index in [9.17, 15) is 4.79 Å². The number of hydrogen-bond donors (Lipinski definition) is 0. The van der Waals surface area contributed by atoms with Crippen LogP contribution in [0.2, 0.25) is 0 Å². The van der Waals surface area contributed by atoms with Crippen molar-refractivity contribution in [3.8, 4) is 5.75 Å². The van der Waals surface area contributed by atoms with Crippen molar-refractivity contribution >= 4 is 5.91 Å². The van der Waals surface area contributed by atoms with Crippen molar-refractivity contribution in [1.29, 1.82) is 0 Å². The molecule has 1 aromatic carbocycles. The number of pyridine rings is 1. The molecule has 0 bridgehead atoms. The lowest BCUT2D eigenvalue weighted by molar-refractivity contribution is -0.132. The quantitative estimate of drug-likeness (QED) is 0.796. The molecular formula is C23H29N3O2. The van der Waals surface area contributed by atoms with Gasteiger partial charge < -0.3 is 9.64 Å². The van der Waals surface area contributed by atoms with E-state index in [1.165, 1.54) is 11.1 Å². The Morgan fingerprint density at radius 1 is 0.964 bits per heavy atom. The van der Waals surface area contributed by atoms with Crippen LogP contribution in [0.25, 0.3) is 0 Å². The molecular weight excluding hydrogens is 350 g/mol. The van der Waals surface area contributed by atoms with Crippen molar-refractivity contribution in [1.82, 2.24) is 14.8 Å². The highest BCUT2D eigenvalue weighted by atomic mass is 16.5. The van der Waals surface area contributed by atoms with E-state index >= 15 is 0 Å². The molecule has 1 spiro atoms. The van der Waals surface area contributed by atoms with Gasteiger partial charge in [-0.15, -0.1) is 0 Å². The number of amides is 1. The van der Waals surface area contributed by atoms with Crippen LogP contribution < -0.4 is 4.74 Å². The predicted octanol–water partition coefficient (Wildman–Crippen LogP) is 3.64. The monoisotopic (exact) mass is 379 g/mol. The molecule has 3 heterocycles. The number of hydrogen-bond acceptors (Lipinski definition) is 4. The minimum absolute atomic E-state index is 0.0228. The molecule has 1 amide bonds. The van der Waals surface area contributed by atoms with Gasteiger partial charge in [0.2, 0.25) is 5.91 Å². The molecule has 1 atom stereocenters. The maximum Gasteiger partial charge on any atom is 0.223 e. The number of likely N-dealkylation sites (tertiary alicyclic amines) is 2. The molecule has 2 aromatic rings. The van der Waals surface area contributed by atoms with E-state index in [1.54, 1.807) is 7.11 Å². The Labute approximate surface area is 167 Å². The first-order chi connectivity index (χ1) is 13.7. The average molecular weight is 380 g/mol. The SMILES string of the molecule is COc1ccc(CN2CCCC3(CCC(=O)N3Cc3ccncc3)CC2)cc1. The first kappa shape index (κ1) is 18.9. The van der Waals surface area contributed by atoms with Crippen LogP contribution in [0.5, 0.6) is 5.75 Å². The first-order valence-corrected chi connectivity index (χ1v) is 10.2. The van der Waals surface area contributed by atoms with Crippen LogP contribution >= 0.6 is 0 Å². The molecule has 0 aliphatic carbocycles. The molecule has 28 heavy (non-hydrogen) atoms. The molecule has 0 radical (unpaired) electrons. The van der Waals surface area contributed by atoms with Gasteiger partial charge in [0.25, 0.3) is 0 Å². The van der Waals surface area contributed by atoms with Crippen LogP contribution in [-0.2, 0) is 17.9 Å². The van der Waals surface area contributed by atoms with Gasteiger partial charge in [-0.2, -0.15) is 0 Å². The van der Waals surface area contributed by atoms with Crippen LogP contribution in [0.3, 0.4) is 0 Å². The third-order valence-corrected chi connectivity index (χ3v) is 6.34. The van der Waals surface area contributed by atoms with Crippen molar-refractivity contribution < 1.29 is 9.53 Å². The fourth-order valence-electron chi connectivity index (χ4n) is 4.70. The molecule has 148 valence electrons. The molecule has 2 aliphatic heterocycles. The lowest BCUT2D eigenvalue weighted by Gasteiger charge is -2.38. The Morgan fingerprint density at radius 3 is 2.46 bits per heavy atom. The van der Waals surface area contributed by atoms with Crippen LogP contribution in [0.1, 0.15) is 43.2 Å². The average Bonchev–Trinajstić information content (AvgIpc) is 2.90. The Kier molecular flexibility index (Phi) is 5.62. The number of nitrogens with zero attached hydrogens (tertiary/aromatic N) is 3. The second-order valence-electron chi connectivity index (χ2n) is 8.04.